The van der Waals surface area contributed by atoms with E-state index in [-0.39, 0.29) is 6.04 Å². The molecule has 0 saturated heterocycles. The van der Waals surface area contributed by atoms with Crippen LogP contribution in [0.1, 0.15) is 51.0 Å². The lowest BCUT2D eigenvalue weighted by molar-refractivity contribution is 0.362. The fourth-order valence-corrected chi connectivity index (χ4v) is 3.57. The molecule has 2 N–H and O–H groups in total. The molecule has 2 rings (SSSR count). The van der Waals surface area contributed by atoms with Crippen LogP contribution < -0.4 is 10.6 Å². The van der Waals surface area contributed by atoms with Crippen molar-refractivity contribution in [2.45, 2.75) is 57.9 Å². The van der Waals surface area contributed by atoms with Gasteiger partial charge < -0.3 is 10.6 Å². The predicted octanol–water partition coefficient (Wildman–Crippen LogP) is 4.64. The number of hydrogen-bond donors (Lipinski definition) is 1. The van der Waals surface area contributed by atoms with Crippen molar-refractivity contribution < 1.29 is 0 Å². The highest BCUT2D eigenvalue weighted by atomic mass is 35.5. The van der Waals surface area contributed by atoms with Crippen LogP contribution in [0.5, 0.6) is 0 Å². The molecule has 1 saturated carbocycles. The van der Waals surface area contributed by atoms with Crippen LogP contribution in [0.3, 0.4) is 0 Å². The first kappa shape index (κ1) is 16.6. The van der Waals surface area contributed by atoms with Crippen molar-refractivity contribution in [3.63, 3.8) is 0 Å². The third kappa shape index (κ3) is 4.89. The monoisotopic (exact) mass is 308 g/mol. The second-order valence-electron chi connectivity index (χ2n) is 6.53. The molecule has 21 heavy (non-hydrogen) atoms. The number of halogens is 1. The van der Waals surface area contributed by atoms with Gasteiger partial charge in [0.25, 0.3) is 0 Å². The Balaban J connectivity index is 2.09. The van der Waals surface area contributed by atoms with Gasteiger partial charge in [-0.25, -0.2) is 0 Å². The summed E-state index contributed by atoms with van der Waals surface area (Å²) in [6, 6.07) is 6.45. The molecule has 0 heterocycles. The first-order valence-corrected chi connectivity index (χ1v) is 8.73. The molecular formula is C18H29ClN2. The zero-order valence-electron chi connectivity index (χ0n) is 13.4. The molecule has 1 atom stereocenters. The van der Waals surface area contributed by atoms with E-state index in [1.807, 2.05) is 6.07 Å². The third-order valence-corrected chi connectivity index (χ3v) is 4.95. The van der Waals surface area contributed by atoms with Gasteiger partial charge in [0.1, 0.15) is 0 Å². The van der Waals surface area contributed by atoms with E-state index in [1.165, 1.54) is 43.4 Å². The van der Waals surface area contributed by atoms with Gasteiger partial charge in [-0.05, 0) is 55.4 Å². The summed E-state index contributed by atoms with van der Waals surface area (Å²) in [5.41, 5.74) is 8.73. The van der Waals surface area contributed by atoms with E-state index in [1.54, 1.807) is 0 Å². The normalized spacial score (nSPS) is 17.7. The van der Waals surface area contributed by atoms with E-state index in [4.69, 9.17) is 17.3 Å². The maximum Gasteiger partial charge on any atom is 0.0410 e. The molecule has 0 aromatic heterocycles. The zero-order chi connectivity index (χ0) is 15.2. The smallest absolute Gasteiger partial charge is 0.0410 e. The Morgan fingerprint density at radius 2 is 2.00 bits per heavy atom. The van der Waals surface area contributed by atoms with E-state index < -0.39 is 0 Å². The van der Waals surface area contributed by atoms with Gasteiger partial charge in [-0.3, -0.25) is 0 Å². The quantitative estimate of drug-likeness (QED) is 0.829. The molecule has 1 unspecified atom stereocenters. The molecule has 118 valence electrons. The number of hydrogen-bond acceptors (Lipinski definition) is 2. The van der Waals surface area contributed by atoms with Crippen molar-refractivity contribution in [2.24, 2.45) is 11.7 Å². The standard InChI is InChI=1S/C18H29ClN2/c1-3-17(20)12-15-11-16(19)9-10-18(15)21(2)13-14-7-5-4-6-8-14/h9-11,14,17H,3-8,12-13,20H2,1-2H3. The minimum Gasteiger partial charge on any atom is -0.374 e. The molecule has 0 bridgehead atoms. The van der Waals surface area contributed by atoms with Gasteiger partial charge in [0, 0.05) is 30.3 Å². The molecule has 0 spiro atoms. The molecular weight excluding hydrogens is 280 g/mol. The SMILES string of the molecule is CCC(N)Cc1cc(Cl)ccc1N(C)CC1CCCCC1. The van der Waals surface area contributed by atoms with E-state index in [9.17, 15) is 0 Å². The van der Waals surface area contributed by atoms with Crippen LogP contribution in [0, 0.1) is 5.92 Å². The minimum absolute atomic E-state index is 0.213. The third-order valence-electron chi connectivity index (χ3n) is 4.72. The second-order valence-corrected chi connectivity index (χ2v) is 6.97. The van der Waals surface area contributed by atoms with E-state index in [0.717, 1.165) is 30.3 Å². The highest BCUT2D eigenvalue weighted by molar-refractivity contribution is 6.30. The molecule has 1 aliphatic carbocycles. The van der Waals surface area contributed by atoms with Crippen LogP contribution in [0.15, 0.2) is 18.2 Å². The molecule has 3 heteroatoms. The van der Waals surface area contributed by atoms with Crippen molar-refractivity contribution in [3.8, 4) is 0 Å². The van der Waals surface area contributed by atoms with Gasteiger partial charge in [0.2, 0.25) is 0 Å². The molecule has 1 aromatic carbocycles. The summed E-state index contributed by atoms with van der Waals surface area (Å²) >= 11 is 6.18. The lowest BCUT2D eigenvalue weighted by Crippen LogP contribution is -2.29. The van der Waals surface area contributed by atoms with E-state index >= 15 is 0 Å². The molecule has 1 fully saturated rings. The maximum absolute atomic E-state index is 6.18. The van der Waals surface area contributed by atoms with Gasteiger partial charge >= 0.3 is 0 Å². The number of nitrogens with zero attached hydrogens (tertiary/aromatic N) is 1. The number of anilines is 1. The van der Waals surface area contributed by atoms with Crippen LogP contribution in [0.25, 0.3) is 0 Å². The average molecular weight is 309 g/mol. The molecule has 0 amide bonds. The van der Waals surface area contributed by atoms with Crippen molar-refractivity contribution in [2.75, 3.05) is 18.5 Å². The summed E-state index contributed by atoms with van der Waals surface area (Å²) in [7, 11) is 2.21. The maximum atomic E-state index is 6.18. The lowest BCUT2D eigenvalue weighted by atomic mass is 9.89. The molecule has 0 radical (unpaired) electrons. The van der Waals surface area contributed by atoms with Crippen LogP contribution in [-0.4, -0.2) is 19.6 Å². The Hall–Kier alpha value is -0.730. The van der Waals surface area contributed by atoms with Crippen molar-refractivity contribution >= 4 is 17.3 Å². The summed E-state index contributed by atoms with van der Waals surface area (Å²) in [6.07, 6.45) is 8.86. The average Bonchev–Trinajstić information content (AvgIpc) is 2.48. The predicted molar refractivity (Wildman–Crippen MR) is 93.3 cm³/mol. The molecule has 0 aliphatic heterocycles. The van der Waals surface area contributed by atoms with Crippen molar-refractivity contribution in [1.29, 1.82) is 0 Å². The molecule has 1 aromatic rings. The minimum atomic E-state index is 0.213. The van der Waals surface area contributed by atoms with Gasteiger partial charge in [0.05, 0.1) is 0 Å². The van der Waals surface area contributed by atoms with Crippen molar-refractivity contribution in [3.05, 3.63) is 28.8 Å². The Kier molecular flexibility index (Phi) is 6.38. The first-order valence-electron chi connectivity index (χ1n) is 8.35. The van der Waals surface area contributed by atoms with E-state index in [2.05, 4.69) is 31.0 Å². The summed E-state index contributed by atoms with van der Waals surface area (Å²) in [6.45, 7) is 3.29. The van der Waals surface area contributed by atoms with Crippen LogP contribution in [-0.2, 0) is 6.42 Å². The largest absolute Gasteiger partial charge is 0.374 e. The molecule has 1 aliphatic rings. The zero-order valence-corrected chi connectivity index (χ0v) is 14.2. The number of rotatable bonds is 6. The van der Waals surface area contributed by atoms with Gasteiger partial charge in [0.15, 0.2) is 0 Å². The highest BCUT2D eigenvalue weighted by Crippen LogP contribution is 2.29. The van der Waals surface area contributed by atoms with Gasteiger partial charge in [-0.1, -0.05) is 37.8 Å². The van der Waals surface area contributed by atoms with Gasteiger partial charge in [-0.15, -0.1) is 0 Å². The first-order chi connectivity index (χ1) is 10.1. The summed E-state index contributed by atoms with van der Waals surface area (Å²) in [5, 5.41) is 0.808. The lowest BCUT2D eigenvalue weighted by Gasteiger charge is -2.30. The van der Waals surface area contributed by atoms with E-state index in [0.29, 0.717) is 0 Å². The topological polar surface area (TPSA) is 29.3 Å². The number of nitrogens with two attached hydrogens (primary N) is 1. The van der Waals surface area contributed by atoms with Crippen LogP contribution in [0.4, 0.5) is 5.69 Å². The summed E-state index contributed by atoms with van der Waals surface area (Å²) in [5.74, 6) is 0.840. The second kappa shape index (κ2) is 8.05. The Bertz CT molecular complexity index is 441. The summed E-state index contributed by atoms with van der Waals surface area (Å²) < 4.78 is 0. The Morgan fingerprint density at radius 1 is 1.29 bits per heavy atom. The fourth-order valence-electron chi connectivity index (χ4n) is 3.37. The Labute approximate surface area is 134 Å². The fraction of sp³-hybridized carbons (Fsp3) is 0.667. The number of benzene rings is 1. The Morgan fingerprint density at radius 3 is 2.67 bits per heavy atom. The van der Waals surface area contributed by atoms with Crippen molar-refractivity contribution in [1.82, 2.24) is 0 Å². The molecule has 2 nitrogen and oxygen atoms in total. The van der Waals surface area contributed by atoms with Gasteiger partial charge in [-0.2, -0.15) is 0 Å². The van der Waals surface area contributed by atoms with Crippen LogP contribution >= 0.6 is 11.6 Å². The highest BCUT2D eigenvalue weighted by Gasteiger charge is 2.17. The van der Waals surface area contributed by atoms with Crippen LogP contribution in [0.2, 0.25) is 5.02 Å². The summed E-state index contributed by atoms with van der Waals surface area (Å²) in [4.78, 5) is 2.41.